The monoisotopic (exact) mass is 269 g/mol. The Hall–Kier alpha value is -1.78. The van der Waals surface area contributed by atoms with Crippen LogP contribution < -0.4 is 0 Å². The van der Waals surface area contributed by atoms with Crippen LogP contribution in [0.5, 0.6) is 0 Å². The SMILES string of the molecule is CC(C)n1c(CC=O)cc2c(C(F)(F)F)cccc21. The third-order valence-corrected chi connectivity index (χ3v) is 3.08. The molecule has 0 aliphatic heterocycles. The van der Waals surface area contributed by atoms with Crippen LogP contribution >= 0.6 is 0 Å². The van der Waals surface area contributed by atoms with Crippen LogP contribution in [-0.4, -0.2) is 10.9 Å². The Balaban J connectivity index is 2.79. The molecule has 2 aromatic rings. The molecule has 1 aromatic heterocycles. The average molecular weight is 269 g/mol. The summed E-state index contributed by atoms with van der Waals surface area (Å²) in [6.45, 7) is 3.77. The van der Waals surface area contributed by atoms with Crippen molar-refractivity contribution in [2.45, 2.75) is 32.5 Å². The summed E-state index contributed by atoms with van der Waals surface area (Å²) in [6, 6.07) is 5.58. The largest absolute Gasteiger partial charge is 0.417 e. The second-order valence-corrected chi connectivity index (χ2v) is 4.71. The van der Waals surface area contributed by atoms with Crippen molar-refractivity contribution in [2.24, 2.45) is 0 Å². The number of aromatic nitrogens is 1. The van der Waals surface area contributed by atoms with Gasteiger partial charge in [0.15, 0.2) is 0 Å². The van der Waals surface area contributed by atoms with E-state index in [1.54, 1.807) is 10.6 Å². The van der Waals surface area contributed by atoms with Crippen molar-refractivity contribution in [1.82, 2.24) is 4.57 Å². The zero-order valence-corrected chi connectivity index (χ0v) is 10.7. The molecule has 5 heteroatoms. The van der Waals surface area contributed by atoms with Crippen LogP contribution in [0.2, 0.25) is 0 Å². The quantitative estimate of drug-likeness (QED) is 0.772. The number of carbonyl (C=O) groups excluding carboxylic acids is 1. The lowest BCUT2D eigenvalue weighted by molar-refractivity contribution is -0.136. The maximum Gasteiger partial charge on any atom is 0.417 e. The van der Waals surface area contributed by atoms with Crippen molar-refractivity contribution in [3.63, 3.8) is 0 Å². The highest BCUT2D eigenvalue weighted by Crippen LogP contribution is 2.37. The highest BCUT2D eigenvalue weighted by Gasteiger charge is 2.33. The molecular formula is C14H14F3NO. The summed E-state index contributed by atoms with van der Waals surface area (Å²) in [5.41, 5.74) is 0.468. The van der Waals surface area contributed by atoms with Crippen LogP contribution in [0.3, 0.4) is 0 Å². The standard InChI is InChI=1S/C14H14F3NO/c1-9(2)18-10(6-7-19)8-11-12(14(15,16)17)4-3-5-13(11)18/h3-5,7-9H,6H2,1-2H3. The summed E-state index contributed by atoms with van der Waals surface area (Å²) < 4.78 is 40.7. The van der Waals surface area contributed by atoms with Gasteiger partial charge in [-0.25, -0.2) is 0 Å². The molecule has 0 amide bonds. The Morgan fingerprint density at radius 1 is 1.32 bits per heavy atom. The number of fused-ring (bicyclic) bond motifs is 1. The fourth-order valence-corrected chi connectivity index (χ4v) is 2.41. The Kier molecular flexibility index (Phi) is 3.39. The van der Waals surface area contributed by atoms with Gasteiger partial charge in [0, 0.05) is 29.1 Å². The summed E-state index contributed by atoms with van der Waals surface area (Å²) >= 11 is 0. The van der Waals surface area contributed by atoms with E-state index in [2.05, 4.69) is 0 Å². The van der Waals surface area contributed by atoms with E-state index >= 15 is 0 Å². The summed E-state index contributed by atoms with van der Waals surface area (Å²) in [5.74, 6) is 0. The van der Waals surface area contributed by atoms with E-state index in [-0.39, 0.29) is 17.8 Å². The van der Waals surface area contributed by atoms with Gasteiger partial charge in [-0.15, -0.1) is 0 Å². The molecule has 0 aliphatic rings. The van der Waals surface area contributed by atoms with Gasteiger partial charge in [-0.1, -0.05) is 6.07 Å². The van der Waals surface area contributed by atoms with Crippen molar-refractivity contribution in [3.8, 4) is 0 Å². The van der Waals surface area contributed by atoms with Gasteiger partial charge in [-0.05, 0) is 32.0 Å². The fourth-order valence-electron chi connectivity index (χ4n) is 2.41. The Bertz CT molecular complexity index is 611. The molecule has 102 valence electrons. The lowest BCUT2D eigenvalue weighted by Gasteiger charge is -2.14. The molecule has 0 N–H and O–H groups in total. The van der Waals surface area contributed by atoms with Crippen molar-refractivity contribution in [3.05, 3.63) is 35.5 Å². The number of nitrogens with zero attached hydrogens (tertiary/aromatic N) is 1. The molecule has 0 unspecified atom stereocenters. The van der Waals surface area contributed by atoms with E-state index in [0.29, 0.717) is 17.5 Å². The van der Waals surface area contributed by atoms with E-state index in [1.807, 2.05) is 13.8 Å². The average Bonchev–Trinajstić information content (AvgIpc) is 2.65. The van der Waals surface area contributed by atoms with E-state index in [1.165, 1.54) is 12.1 Å². The molecular weight excluding hydrogens is 255 g/mol. The van der Waals surface area contributed by atoms with Crippen LogP contribution in [-0.2, 0) is 17.4 Å². The minimum atomic E-state index is -4.39. The van der Waals surface area contributed by atoms with E-state index in [4.69, 9.17) is 0 Å². The lowest BCUT2D eigenvalue weighted by Crippen LogP contribution is -2.07. The first-order valence-electron chi connectivity index (χ1n) is 6.00. The zero-order valence-electron chi connectivity index (χ0n) is 10.7. The molecule has 0 saturated heterocycles. The molecule has 0 fully saturated rings. The molecule has 0 spiro atoms. The van der Waals surface area contributed by atoms with Gasteiger partial charge in [-0.3, -0.25) is 0 Å². The highest BCUT2D eigenvalue weighted by molar-refractivity contribution is 5.86. The van der Waals surface area contributed by atoms with E-state index in [0.717, 1.165) is 6.07 Å². The Morgan fingerprint density at radius 2 is 2.00 bits per heavy atom. The lowest BCUT2D eigenvalue weighted by atomic mass is 10.1. The van der Waals surface area contributed by atoms with Crippen molar-refractivity contribution < 1.29 is 18.0 Å². The molecule has 0 bridgehead atoms. The molecule has 0 saturated carbocycles. The molecule has 0 atom stereocenters. The Morgan fingerprint density at radius 3 is 2.53 bits per heavy atom. The van der Waals surface area contributed by atoms with Crippen LogP contribution in [0.15, 0.2) is 24.3 Å². The van der Waals surface area contributed by atoms with E-state index < -0.39 is 11.7 Å². The normalized spacial score (nSPS) is 12.3. The van der Waals surface area contributed by atoms with Gasteiger partial charge in [0.05, 0.1) is 5.56 Å². The number of benzene rings is 1. The first-order valence-corrected chi connectivity index (χ1v) is 6.00. The van der Waals surface area contributed by atoms with Crippen LogP contribution in [0, 0.1) is 0 Å². The number of rotatable bonds is 3. The second-order valence-electron chi connectivity index (χ2n) is 4.71. The summed E-state index contributed by atoms with van der Waals surface area (Å²) in [4.78, 5) is 10.7. The molecule has 19 heavy (non-hydrogen) atoms. The first-order chi connectivity index (χ1) is 8.86. The predicted octanol–water partition coefficient (Wildman–Crippen LogP) is 3.98. The van der Waals surface area contributed by atoms with Gasteiger partial charge in [0.25, 0.3) is 0 Å². The maximum absolute atomic E-state index is 13.0. The minimum Gasteiger partial charge on any atom is -0.342 e. The smallest absolute Gasteiger partial charge is 0.342 e. The summed E-state index contributed by atoms with van der Waals surface area (Å²) in [5, 5.41) is 0.153. The molecule has 1 aromatic carbocycles. The topological polar surface area (TPSA) is 22.0 Å². The van der Waals surface area contributed by atoms with Gasteiger partial charge >= 0.3 is 6.18 Å². The number of hydrogen-bond donors (Lipinski definition) is 0. The molecule has 2 nitrogen and oxygen atoms in total. The number of alkyl halides is 3. The molecule has 2 rings (SSSR count). The van der Waals surface area contributed by atoms with Crippen molar-refractivity contribution >= 4 is 17.2 Å². The van der Waals surface area contributed by atoms with Crippen molar-refractivity contribution in [1.29, 1.82) is 0 Å². The first kappa shape index (κ1) is 13.6. The second kappa shape index (κ2) is 4.72. The third-order valence-electron chi connectivity index (χ3n) is 3.08. The number of aldehydes is 1. The number of hydrogen-bond acceptors (Lipinski definition) is 1. The maximum atomic E-state index is 13.0. The number of carbonyl (C=O) groups is 1. The zero-order chi connectivity index (χ0) is 14.2. The van der Waals surface area contributed by atoms with Crippen LogP contribution in [0.1, 0.15) is 31.1 Å². The van der Waals surface area contributed by atoms with Gasteiger partial charge in [0.1, 0.15) is 6.29 Å². The Labute approximate surface area is 108 Å². The molecule has 0 radical (unpaired) electrons. The molecule has 0 aliphatic carbocycles. The highest BCUT2D eigenvalue weighted by atomic mass is 19.4. The van der Waals surface area contributed by atoms with E-state index in [9.17, 15) is 18.0 Å². The summed E-state index contributed by atoms with van der Waals surface area (Å²) in [7, 11) is 0. The van der Waals surface area contributed by atoms with Crippen LogP contribution in [0.4, 0.5) is 13.2 Å². The van der Waals surface area contributed by atoms with Gasteiger partial charge in [-0.2, -0.15) is 13.2 Å². The molecule has 1 heterocycles. The predicted molar refractivity (Wildman–Crippen MR) is 67.1 cm³/mol. The summed E-state index contributed by atoms with van der Waals surface area (Å²) in [6.07, 6.45) is -3.56. The van der Waals surface area contributed by atoms with Gasteiger partial charge < -0.3 is 9.36 Å². The third kappa shape index (κ3) is 2.37. The van der Waals surface area contributed by atoms with Crippen LogP contribution in [0.25, 0.3) is 10.9 Å². The number of halogens is 3. The van der Waals surface area contributed by atoms with Crippen molar-refractivity contribution in [2.75, 3.05) is 0 Å². The minimum absolute atomic E-state index is 0.00377. The van der Waals surface area contributed by atoms with Gasteiger partial charge in [0.2, 0.25) is 0 Å². The fraction of sp³-hybridized carbons (Fsp3) is 0.357.